The minimum Gasteiger partial charge on any atom is -0.351 e. The van der Waals surface area contributed by atoms with E-state index < -0.39 is 0 Å². The van der Waals surface area contributed by atoms with Gasteiger partial charge in [0.2, 0.25) is 0 Å². The lowest BCUT2D eigenvalue weighted by atomic mass is 10.2. The maximum Gasteiger partial charge on any atom is 0.323 e. The second-order valence-corrected chi connectivity index (χ2v) is 7.88. The SMILES string of the molecule is CCN(CC)CCNC(=O)c1ccc(NC(=O)Nc2ccc(N(C)c3ccccc3)cc2)cc1. The van der Waals surface area contributed by atoms with Crippen molar-refractivity contribution < 1.29 is 9.59 Å². The van der Waals surface area contributed by atoms with Gasteiger partial charge in [-0.25, -0.2) is 4.79 Å². The van der Waals surface area contributed by atoms with E-state index in [1.807, 2.05) is 61.6 Å². The van der Waals surface area contributed by atoms with Crippen molar-refractivity contribution in [2.24, 2.45) is 0 Å². The Bertz CT molecular complexity index is 1050. The molecule has 178 valence electrons. The molecule has 0 radical (unpaired) electrons. The van der Waals surface area contributed by atoms with Crippen LogP contribution in [0.15, 0.2) is 78.9 Å². The molecule has 7 heteroatoms. The van der Waals surface area contributed by atoms with Crippen LogP contribution in [-0.2, 0) is 0 Å². The zero-order chi connectivity index (χ0) is 24.3. The molecular formula is C27H33N5O2. The lowest BCUT2D eigenvalue weighted by Crippen LogP contribution is -2.34. The summed E-state index contributed by atoms with van der Waals surface area (Å²) in [4.78, 5) is 29.0. The number of anilines is 4. The van der Waals surface area contributed by atoms with Crippen LogP contribution in [0.1, 0.15) is 24.2 Å². The molecule has 0 fully saturated rings. The Morgan fingerprint density at radius 3 is 1.82 bits per heavy atom. The van der Waals surface area contributed by atoms with E-state index in [0.717, 1.165) is 31.0 Å². The summed E-state index contributed by atoms with van der Waals surface area (Å²) in [5.74, 6) is -0.122. The molecular weight excluding hydrogens is 426 g/mol. The Hall–Kier alpha value is -3.84. The zero-order valence-electron chi connectivity index (χ0n) is 20.0. The third kappa shape index (κ3) is 7.08. The molecule has 34 heavy (non-hydrogen) atoms. The second kappa shape index (κ2) is 12.4. The summed E-state index contributed by atoms with van der Waals surface area (Å²) in [5.41, 5.74) is 3.96. The molecule has 3 aromatic rings. The van der Waals surface area contributed by atoms with Crippen LogP contribution >= 0.6 is 0 Å². The van der Waals surface area contributed by atoms with E-state index >= 15 is 0 Å². The van der Waals surface area contributed by atoms with Crippen molar-refractivity contribution in [1.82, 2.24) is 10.2 Å². The van der Waals surface area contributed by atoms with Crippen molar-refractivity contribution in [2.75, 3.05) is 48.8 Å². The van der Waals surface area contributed by atoms with Crippen molar-refractivity contribution in [3.63, 3.8) is 0 Å². The topological polar surface area (TPSA) is 76.7 Å². The fraction of sp³-hybridized carbons (Fsp3) is 0.259. The number of para-hydroxylation sites is 1. The van der Waals surface area contributed by atoms with Crippen LogP contribution in [0.3, 0.4) is 0 Å². The molecule has 0 spiro atoms. The molecule has 0 saturated heterocycles. The minimum absolute atomic E-state index is 0.122. The largest absolute Gasteiger partial charge is 0.351 e. The molecule has 3 rings (SSSR count). The second-order valence-electron chi connectivity index (χ2n) is 7.88. The van der Waals surface area contributed by atoms with Gasteiger partial charge in [-0.3, -0.25) is 4.79 Å². The average Bonchev–Trinajstić information content (AvgIpc) is 2.87. The number of carbonyl (C=O) groups is 2. The summed E-state index contributed by atoms with van der Waals surface area (Å²) in [7, 11) is 2.00. The van der Waals surface area contributed by atoms with Gasteiger partial charge in [-0.1, -0.05) is 32.0 Å². The summed E-state index contributed by atoms with van der Waals surface area (Å²) in [6.07, 6.45) is 0. The lowest BCUT2D eigenvalue weighted by molar-refractivity contribution is 0.0949. The Morgan fingerprint density at radius 2 is 1.26 bits per heavy atom. The van der Waals surface area contributed by atoms with E-state index in [1.54, 1.807) is 24.3 Å². The first-order valence-electron chi connectivity index (χ1n) is 11.6. The molecule has 0 unspecified atom stereocenters. The van der Waals surface area contributed by atoms with E-state index in [-0.39, 0.29) is 11.9 Å². The molecule has 0 aliphatic rings. The number of carbonyl (C=O) groups excluding carboxylic acids is 2. The van der Waals surface area contributed by atoms with Crippen LogP contribution in [-0.4, -0.2) is 50.1 Å². The molecule has 0 heterocycles. The number of hydrogen-bond acceptors (Lipinski definition) is 4. The quantitative estimate of drug-likeness (QED) is 0.391. The van der Waals surface area contributed by atoms with Crippen LogP contribution in [0.5, 0.6) is 0 Å². The smallest absolute Gasteiger partial charge is 0.323 e. The highest BCUT2D eigenvalue weighted by Crippen LogP contribution is 2.24. The van der Waals surface area contributed by atoms with E-state index in [0.29, 0.717) is 23.5 Å². The molecule has 0 aromatic heterocycles. The maximum absolute atomic E-state index is 12.4. The number of urea groups is 1. The van der Waals surface area contributed by atoms with Crippen molar-refractivity contribution >= 4 is 34.7 Å². The minimum atomic E-state index is -0.347. The Balaban J connectivity index is 1.48. The monoisotopic (exact) mass is 459 g/mol. The predicted octanol–water partition coefficient (Wildman–Crippen LogP) is 5.17. The van der Waals surface area contributed by atoms with E-state index in [1.165, 1.54) is 0 Å². The molecule has 0 saturated carbocycles. The highest BCUT2D eigenvalue weighted by Gasteiger charge is 2.08. The first kappa shape index (κ1) is 24.8. The van der Waals surface area contributed by atoms with Gasteiger partial charge in [0.05, 0.1) is 0 Å². The van der Waals surface area contributed by atoms with Gasteiger partial charge >= 0.3 is 6.03 Å². The fourth-order valence-corrected chi connectivity index (χ4v) is 3.54. The first-order valence-corrected chi connectivity index (χ1v) is 11.6. The number of nitrogens with one attached hydrogen (secondary N) is 3. The summed E-state index contributed by atoms with van der Waals surface area (Å²) in [6, 6.07) is 24.2. The summed E-state index contributed by atoms with van der Waals surface area (Å²) in [5, 5.41) is 8.55. The number of nitrogens with zero attached hydrogens (tertiary/aromatic N) is 2. The molecule has 0 atom stereocenters. The molecule has 0 aliphatic heterocycles. The molecule has 3 aromatic carbocycles. The molecule has 3 N–H and O–H groups in total. The van der Waals surface area contributed by atoms with Crippen LogP contribution in [0.2, 0.25) is 0 Å². The molecule has 0 aliphatic carbocycles. The van der Waals surface area contributed by atoms with Crippen molar-refractivity contribution in [3.05, 3.63) is 84.4 Å². The lowest BCUT2D eigenvalue weighted by Gasteiger charge is -2.19. The molecule has 0 bridgehead atoms. The van der Waals surface area contributed by atoms with Gasteiger partial charge in [-0.15, -0.1) is 0 Å². The highest BCUT2D eigenvalue weighted by atomic mass is 16.2. The number of hydrogen-bond donors (Lipinski definition) is 3. The Kier molecular flexibility index (Phi) is 9.05. The average molecular weight is 460 g/mol. The summed E-state index contributed by atoms with van der Waals surface area (Å²) in [6.45, 7) is 7.55. The fourth-order valence-electron chi connectivity index (χ4n) is 3.54. The zero-order valence-corrected chi connectivity index (χ0v) is 20.0. The molecule has 3 amide bonds. The number of amides is 3. The van der Waals surface area contributed by atoms with Gasteiger partial charge in [-0.05, 0) is 73.8 Å². The standard InChI is InChI=1S/C27H33N5O2/c1-4-32(5-2)20-19-28-26(33)21-11-13-22(14-12-21)29-27(34)30-23-15-17-25(18-16-23)31(3)24-9-7-6-8-10-24/h6-18H,4-5,19-20H2,1-3H3,(H,28,33)(H2,29,30,34). The predicted molar refractivity (Wildman–Crippen MR) is 140 cm³/mol. The third-order valence-electron chi connectivity index (χ3n) is 5.67. The number of likely N-dealkylation sites (N-methyl/N-ethyl adjacent to an activating group) is 1. The number of rotatable bonds is 10. The van der Waals surface area contributed by atoms with Gasteiger partial charge < -0.3 is 25.8 Å². The third-order valence-corrected chi connectivity index (χ3v) is 5.67. The van der Waals surface area contributed by atoms with E-state index in [4.69, 9.17) is 0 Å². The van der Waals surface area contributed by atoms with Crippen molar-refractivity contribution in [3.8, 4) is 0 Å². The maximum atomic E-state index is 12.4. The Morgan fingerprint density at radius 1 is 0.735 bits per heavy atom. The van der Waals surface area contributed by atoms with E-state index in [9.17, 15) is 9.59 Å². The normalized spacial score (nSPS) is 10.6. The van der Waals surface area contributed by atoms with Crippen LogP contribution < -0.4 is 20.9 Å². The highest BCUT2D eigenvalue weighted by molar-refractivity contribution is 6.00. The van der Waals surface area contributed by atoms with Gasteiger partial charge in [0.1, 0.15) is 0 Å². The Labute approximate surface area is 201 Å². The van der Waals surface area contributed by atoms with Gasteiger partial charge in [-0.2, -0.15) is 0 Å². The van der Waals surface area contributed by atoms with Crippen LogP contribution in [0.4, 0.5) is 27.5 Å². The van der Waals surface area contributed by atoms with Crippen LogP contribution in [0, 0.1) is 0 Å². The van der Waals surface area contributed by atoms with Crippen molar-refractivity contribution in [2.45, 2.75) is 13.8 Å². The first-order chi connectivity index (χ1) is 16.5. The van der Waals surface area contributed by atoms with Crippen molar-refractivity contribution in [1.29, 1.82) is 0 Å². The number of benzene rings is 3. The van der Waals surface area contributed by atoms with Gasteiger partial charge in [0.25, 0.3) is 5.91 Å². The summed E-state index contributed by atoms with van der Waals surface area (Å²) >= 11 is 0. The van der Waals surface area contributed by atoms with Gasteiger partial charge in [0.15, 0.2) is 0 Å². The van der Waals surface area contributed by atoms with E-state index in [2.05, 4.69) is 39.6 Å². The van der Waals surface area contributed by atoms with Gasteiger partial charge in [0, 0.05) is 48.5 Å². The molecule has 7 nitrogen and oxygen atoms in total. The summed E-state index contributed by atoms with van der Waals surface area (Å²) < 4.78 is 0. The van der Waals surface area contributed by atoms with Crippen LogP contribution in [0.25, 0.3) is 0 Å².